The Morgan fingerprint density at radius 2 is 1.42 bits per heavy atom. The monoisotopic (exact) mass is 407 g/mol. The minimum Gasteiger partial charge on any atom is -0.480 e. The van der Waals surface area contributed by atoms with Gasteiger partial charge in [0.15, 0.2) is 3.95 Å². The van der Waals surface area contributed by atoms with Gasteiger partial charge in [-0.25, -0.2) is 0 Å². The van der Waals surface area contributed by atoms with Crippen molar-refractivity contribution in [3.05, 3.63) is 3.95 Å². The Bertz CT molecular complexity index is 703. The van der Waals surface area contributed by atoms with Crippen molar-refractivity contribution in [2.24, 2.45) is 0 Å². The van der Waals surface area contributed by atoms with E-state index in [0.29, 0.717) is 3.95 Å². The second-order valence-corrected chi connectivity index (χ2v) is 6.73. The Kier molecular flexibility index (Phi) is 8.77. The van der Waals surface area contributed by atoms with E-state index in [1.807, 2.05) is 0 Å². The molecular formula is C12H17N5O7S2. The van der Waals surface area contributed by atoms with Crippen LogP contribution in [-0.4, -0.2) is 98.4 Å². The number of aliphatic carboxylic acids is 3. The topological polar surface area (TPSA) is 176 Å². The van der Waals surface area contributed by atoms with Crippen molar-refractivity contribution in [2.75, 3.05) is 44.6 Å². The molecule has 0 unspecified atom stereocenters. The van der Waals surface area contributed by atoms with Crippen LogP contribution in [0.3, 0.4) is 0 Å². The van der Waals surface area contributed by atoms with E-state index in [2.05, 4.69) is 15.5 Å². The Morgan fingerprint density at radius 3 is 1.81 bits per heavy atom. The molecule has 26 heavy (non-hydrogen) atoms. The summed E-state index contributed by atoms with van der Waals surface area (Å²) in [5.41, 5.74) is 0. The molecule has 0 saturated heterocycles. The summed E-state index contributed by atoms with van der Waals surface area (Å²) in [5, 5.41) is 35.4. The Labute approximate surface area is 156 Å². The van der Waals surface area contributed by atoms with Gasteiger partial charge >= 0.3 is 17.9 Å². The predicted molar refractivity (Wildman–Crippen MR) is 91.7 cm³/mol. The molecule has 0 aliphatic carbocycles. The van der Waals surface area contributed by atoms with Crippen LogP contribution in [-0.2, 0) is 19.2 Å². The van der Waals surface area contributed by atoms with Crippen LogP contribution >= 0.6 is 23.6 Å². The standard InChI is InChI=1S/C12H17N5O7S2/c18-7(13-11-14-15-12(25)26-11)3-16(4-8(19)20)1-2-17(5-9(21)22)6-10(23)24/h1-6H2,(H,15,25)(H,19,20)(H,21,22)(H,23,24)(H,13,14,18). The van der Waals surface area contributed by atoms with Gasteiger partial charge in [0, 0.05) is 13.1 Å². The summed E-state index contributed by atoms with van der Waals surface area (Å²) in [7, 11) is 0. The summed E-state index contributed by atoms with van der Waals surface area (Å²) >= 11 is 5.86. The van der Waals surface area contributed by atoms with Crippen LogP contribution < -0.4 is 5.32 Å². The van der Waals surface area contributed by atoms with E-state index >= 15 is 0 Å². The van der Waals surface area contributed by atoms with E-state index < -0.39 is 43.4 Å². The number of carbonyl (C=O) groups excluding carboxylic acids is 1. The first-order valence-electron chi connectivity index (χ1n) is 7.11. The zero-order valence-corrected chi connectivity index (χ0v) is 15.0. The lowest BCUT2D eigenvalue weighted by molar-refractivity contribution is -0.143. The van der Waals surface area contributed by atoms with Crippen LogP contribution in [0.5, 0.6) is 0 Å². The molecule has 1 rings (SSSR count). The molecule has 0 spiro atoms. The molecule has 0 radical (unpaired) electrons. The highest BCUT2D eigenvalue weighted by atomic mass is 32.1. The number of nitrogens with one attached hydrogen (secondary N) is 2. The Morgan fingerprint density at radius 1 is 0.962 bits per heavy atom. The lowest BCUT2D eigenvalue weighted by Crippen LogP contribution is -2.44. The van der Waals surface area contributed by atoms with Gasteiger partial charge in [0.2, 0.25) is 11.0 Å². The van der Waals surface area contributed by atoms with E-state index in [1.54, 1.807) is 0 Å². The quantitative estimate of drug-likeness (QED) is 0.268. The fraction of sp³-hybridized carbons (Fsp3) is 0.500. The molecule has 0 aliphatic heterocycles. The average molecular weight is 407 g/mol. The lowest BCUT2D eigenvalue weighted by atomic mass is 10.3. The third kappa shape index (κ3) is 9.16. The first-order chi connectivity index (χ1) is 12.2. The van der Waals surface area contributed by atoms with Crippen molar-refractivity contribution in [2.45, 2.75) is 0 Å². The van der Waals surface area contributed by atoms with E-state index in [9.17, 15) is 19.2 Å². The molecule has 0 aromatic carbocycles. The van der Waals surface area contributed by atoms with Gasteiger partial charge in [-0.2, -0.15) is 0 Å². The number of H-pyrrole nitrogens is 1. The molecular weight excluding hydrogens is 390 g/mol. The van der Waals surface area contributed by atoms with Gasteiger partial charge in [-0.3, -0.25) is 39.4 Å². The number of amides is 1. The number of aromatic amines is 1. The maximum absolute atomic E-state index is 12.0. The van der Waals surface area contributed by atoms with Gasteiger partial charge in [0.1, 0.15) is 0 Å². The summed E-state index contributed by atoms with van der Waals surface area (Å²) in [6, 6.07) is 0. The lowest BCUT2D eigenvalue weighted by Gasteiger charge is -2.24. The first-order valence-corrected chi connectivity index (χ1v) is 8.33. The molecule has 0 atom stereocenters. The second kappa shape index (κ2) is 10.5. The highest BCUT2D eigenvalue weighted by Gasteiger charge is 2.19. The van der Waals surface area contributed by atoms with E-state index in [1.165, 1.54) is 4.90 Å². The van der Waals surface area contributed by atoms with Crippen LogP contribution in [0.25, 0.3) is 0 Å². The number of hydrogen-bond acceptors (Lipinski definition) is 9. The normalized spacial score (nSPS) is 10.8. The second-order valence-electron chi connectivity index (χ2n) is 5.07. The van der Waals surface area contributed by atoms with Crippen LogP contribution in [0.1, 0.15) is 0 Å². The van der Waals surface area contributed by atoms with Gasteiger partial charge in [-0.15, -0.1) is 5.10 Å². The Balaban J connectivity index is 2.64. The molecule has 14 heteroatoms. The van der Waals surface area contributed by atoms with Gasteiger partial charge in [0.25, 0.3) is 0 Å². The number of anilines is 1. The zero-order chi connectivity index (χ0) is 19.7. The number of aromatic nitrogens is 2. The van der Waals surface area contributed by atoms with Crippen LogP contribution in [0.15, 0.2) is 0 Å². The molecule has 1 aromatic heterocycles. The highest BCUT2D eigenvalue weighted by Crippen LogP contribution is 2.10. The van der Waals surface area contributed by atoms with Gasteiger partial charge in [-0.05, 0) is 12.2 Å². The highest BCUT2D eigenvalue weighted by molar-refractivity contribution is 7.73. The average Bonchev–Trinajstić information content (AvgIpc) is 2.87. The van der Waals surface area contributed by atoms with Crippen LogP contribution in [0.4, 0.5) is 5.13 Å². The fourth-order valence-electron chi connectivity index (χ4n) is 1.93. The fourth-order valence-corrected chi connectivity index (χ4v) is 2.74. The van der Waals surface area contributed by atoms with E-state index in [0.717, 1.165) is 16.2 Å². The third-order valence-electron chi connectivity index (χ3n) is 2.86. The minimum atomic E-state index is -1.21. The number of rotatable bonds is 12. The van der Waals surface area contributed by atoms with E-state index in [4.69, 9.17) is 27.5 Å². The molecule has 5 N–H and O–H groups in total. The van der Waals surface area contributed by atoms with Crippen LogP contribution in [0.2, 0.25) is 0 Å². The number of carboxylic acid groups (broad SMARTS) is 3. The molecule has 1 amide bonds. The maximum Gasteiger partial charge on any atom is 0.317 e. The van der Waals surface area contributed by atoms with Crippen molar-refractivity contribution in [3.8, 4) is 0 Å². The van der Waals surface area contributed by atoms with Gasteiger partial charge < -0.3 is 15.3 Å². The summed E-state index contributed by atoms with van der Waals surface area (Å²) in [5.74, 6) is -4.15. The van der Waals surface area contributed by atoms with Crippen molar-refractivity contribution < 1.29 is 34.5 Å². The first kappa shape index (κ1) is 21.6. The van der Waals surface area contributed by atoms with Crippen LogP contribution in [0, 0.1) is 3.95 Å². The number of hydrogen-bond donors (Lipinski definition) is 5. The van der Waals surface area contributed by atoms with Crippen molar-refractivity contribution >= 4 is 52.5 Å². The van der Waals surface area contributed by atoms with Gasteiger partial charge in [-0.1, -0.05) is 11.3 Å². The Hall–Kier alpha value is -2.42. The largest absolute Gasteiger partial charge is 0.480 e. The summed E-state index contributed by atoms with van der Waals surface area (Å²) in [6.07, 6.45) is 0. The molecule has 1 aromatic rings. The molecule has 144 valence electrons. The van der Waals surface area contributed by atoms with Crippen molar-refractivity contribution in [1.82, 2.24) is 20.0 Å². The molecule has 0 aliphatic rings. The summed E-state index contributed by atoms with van der Waals surface area (Å²) < 4.78 is 0.362. The molecule has 1 heterocycles. The van der Waals surface area contributed by atoms with E-state index in [-0.39, 0.29) is 24.8 Å². The zero-order valence-electron chi connectivity index (χ0n) is 13.4. The maximum atomic E-state index is 12.0. The smallest absolute Gasteiger partial charge is 0.317 e. The molecule has 0 bridgehead atoms. The van der Waals surface area contributed by atoms with Crippen molar-refractivity contribution in [1.29, 1.82) is 0 Å². The SMILES string of the molecule is O=C(O)CN(CCN(CC(=O)O)CC(=O)Nc1n[nH]c(=S)s1)CC(=O)O. The number of carbonyl (C=O) groups is 4. The molecule has 0 saturated carbocycles. The minimum absolute atomic E-state index is 0.0173. The summed E-state index contributed by atoms with van der Waals surface area (Å²) in [4.78, 5) is 46.9. The molecule has 12 nitrogen and oxygen atoms in total. The van der Waals surface area contributed by atoms with Crippen molar-refractivity contribution in [3.63, 3.8) is 0 Å². The number of nitrogens with zero attached hydrogens (tertiary/aromatic N) is 3. The van der Waals surface area contributed by atoms with Gasteiger partial charge in [0.05, 0.1) is 26.2 Å². The predicted octanol–water partition coefficient (Wildman–Crippen LogP) is -1.00. The summed E-state index contributed by atoms with van der Waals surface area (Å²) in [6.45, 7) is -1.87. The number of carboxylic acids is 3. The molecule has 0 fully saturated rings. The third-order valence-corrected chi connectivity index (χ3v) is 3.87.